The van der Waals surface area contributed by atoms with Crippen molar-refractivity contribution in [3.05, 3.63) is 40.7 Å². The number of methoxy groups -OCH3 is 2. The Labute approximate surface area is 167 Å². The summed E-state index contributed by atoms with van der Waals surface area (Å²) in [5.74, 6) is 2.11. The Kier molecular flexibility index (Phi) is 6.00. The molecule has 2 atom stereocenters. The van der Waals surface area contributed by atoms with Gasteiger partial charge in [0.05, 0.1) is 55.6 Å². The minimum absolute atomic E-state index is 0.0452. The van der Waals surface area contributed by atoms with Crippen molar-refractivity contribution in [1.29, 1.82) is 0 Å². The SMILES string of the molecule is COc1ccc(OC)c(C[NH+](C)Cc2c(C)nn([C@H]3CCS(=O)(=O)C3)c2C)c1. The molecule has 1 N–H and O–H groups in total. The van der Waals surface area contributed by atoms with Gasteiger partial charge in [0.25, 0.3) is 0 Å². The molecule has 3 rings (SSSR count). The zero-order chi connectivity index (χ0) is 20.5. The van der Waals surface area contributed by atoms with Gasteiger partial charge in [-0.25, -0.2) is 8.42 Å². The van der Waals surface area contributed by atoms with E-state index in [0.29, 0.717) is 6.42 Å². The average Bonchev–Trinajstić information content (AvgIpc) is 3.15. The molecule has 1 aromatic heterocycles. The third-order valence-electron chi connectivity index (χ3n) is 5.49. The molecule has 0 spiro atoms. The Morgan fingerprint density at radius 2 is 1.96 bits per heavy atom. The lowest BCUT2D eigenvalue weighted by Crippen LogP contribution is -3.06. The molecular formula is C20H30N3O4S+. The van der Waals surface area contributed by atoms with E-state index in [4.69, 9.17) is 9.47 Å². The predicted molar refractivity (Wildman–Crippen MR) is 108 cm³/mol. The van der Waals surface area contributed by atoms with Crippen molar-refractivity contribution in [3.63, 3.8) is 0 Å². The van der Waals surface area contributed by atoms with Gasteiger partial charge in [0.2, 0.25) is 0 Å². The van der Waals surface area contributed by atoms with Crippen molar-refractivity contribution in [1.82, 2.24) is 9.78 Å². The summed E-state index contributed by atoms with van der Waals surface area (Å²) >= 11 is 0. The number of hydrogen-bond donors (Lipinski definition) is 1. The van der Waals surface area contributed by atoms with E-state index in [9.17, 15) is 8.42 Å². The maximum Gasteiger partial charge on any atom is 0.152 e. The number of nitrogens with one attached hydrogen (secondary N) is 1. The van der Waals surface area contributed by atoms with Gasteiger partial charge in [0, 0.05) is 5.69 Å². The molecule has 2 heterocycles. The van der Waals surface area contributed by atoms with E-state index in [1.165, 1.54) is 10.5 Å². The third-order valence-corrected chi connectivity index (χ3v) is 7.24. The number of hydrogen-bond acceptors (Lipinski definition) is 5. The first kappa shape index (κ1) is 20.7. The Hall–Kier alpha value is -2.06. The van der Waals surface area contributed by atoms with E-state index in [1.807, 2.05) is 36.7 Å². The van der Waals surface area contributed by atoms with Crippen LogP contribution in [-0.4, -0.2) is 51.0 Å². The highest BCUT2D eigenvalue weighted by atomic mass is 32.2. The molecule has 1 aliphatic heterocycles. The van der Waals surface area contributed by atoms with E-state index in [0.717, 1.165) is 41.5 Å². The molecule has 2 aromatic rings. The van der Waals surface area contributed by atoms with Gasteiger partial charge in [0.15, 0.2) is 9.84 Å². The maximum absolute atomic E-state index is 11.8. The summed E-state index contributed by atoms with van der Waals surface area (Å²) < 4.78 is 36.4. The van der Waals surface area contributed by atoms with Gasteiger partial charge in [-0.2, -0.15) is 5.10 Å². The van der Waals surface area contributed by atoms with E-state index < -0.39 is 9.84 Å². The summed E-state index contributed by atoms with van der Waals surface area (Å²) in [5, 5.41) is 4.67. The fourth-order valence-electron chi connectivity index (χ4n) is 3.99. The van der Waals surface area contributed by atoms with Gasteiger partial charge in [-0.05, 0) is 38.5 Å². The lowest BCUT2D eigenvalue weighted by molar-refractivity contribution is -0.907. The van der Waals surface area contributed by atoms with Gasteiger partial charge in [0.1, 0.15) is 24.6 Å². The molecule has 1 fully saturated rings. The second kappa shape index (κ2) is 8.13. The second-order valence-corrected chi connectivity index (χ2v) is 9.87. The largest absolute Gasteiger partial charge is 0.497 e. The van der Waals surface area contributed by atoms with E-state index in [-0.39, 0.29) is 17.5 Å². The molecule has 28 heavy (non-hydrogen) atoms. The van der Waals surface area contributed by atoms with Gasteiger partial charge >= 0.3 is 0 Å². The number of aryl methyl sites for hydroxylation is 1. The van der Waals surface area contributed by atoms with E-state index in [1.54, 1.807) is 14.2 Å². The van der Waals surface area contributed by atoms with Gasteiger partial charge < -0.3 is 14.4 Å². The molecule has 1 saturated heterocycles. The normalized spacial score (nSPS) is 19.5. The number of rotatable bonds is 7. The Balaban J connectivity index is 1.77. The van der Waals surface area contributed by atoms with Crippen molar-refractivity contribution >= 4 is 9.84 Å². The molecule has 7 nitrogen and oxygen atoms in total. The van der Waals surface area contributed by atoms with Crippen LogP contribution in [-0.2, 0) is 22.9 Å². The second-order valence-electron chi connectivity index (χ2n) is 7.64. The van der Waals surface area contributed by atoms with Crippen LogP contribution in [0.25, 0.3) is 0 Å². The van der Waals surface area contributed by atoms with Gasteiger partial charge in [-0.3, -0.25) is 4.68 Å². The van der Waals surface area contributed by atoms with Crippen LogP contribution in [0.2, 0.25) is 0 Å². The number of quaternary nitrogens is 1. The Morgan fingerprint density at radius 1 is 1.21 bits per heavy atom. The van der Waals surface area contributed by atoms with Crippen LogP contribution >= 0.6 is 0 Å². The number of aromatic nitrogens is 2. The van der Waals surface area contributed by atoms with Crippen LogP contribution in [0, 0.1) is 13.8 Å². The summed E-state index contributed by atoms with van der Waals surface area (Å²) in [6.45, 7) is 5.63. The average molecular weight is 409 g/mol. The third kappa shape index (κ3) is 4.33. The first-order chi connectivity index (χ1) is 13.2. The molecule has 0 radical (unpaired) electrons. The molecule has 1 aliphatic rings. The van der Waals surface area contributed by atoms with Crippen molar-refractivity contribution in [3.8, 4) is 11.5 Å². The molecule has 0 aliphatic carbocycles. The van der Waals surface area contributed by atoms with Crippen molar-refractivity contribution in [2.45, 2.75) is 39.4 Å². The maximum atomic E-state index is 11.8. The van der Waals surface area contributed by atoms with Gasteiger partial charge in [-0.15, -0.1) is 0 Å². The first-order valence-electron chi connectivity index (χ1n) is 9.51. The number of sulfone groups is 1. The molecule has 154 valence electrons. The number of benzene rings is 1. The minimum Gasteiger partial charge on any atom is -0.497 e. The highest BCUT2D eigenvalue weighted by Gasteiger charge is 2.31. The summed E-state index contributed by atoms with van der Waals surface area (Å²) in [4.78, 5) is 1.29. The van der Waals surface area contributed by atoms with Crippen LogP contribution in [0.5, 0.6) is 11.5 Å². The highest BCUT2D eigenvalue weighted by molar-refractivity contribution is 7.91. The Morgan fingerprint density at radius 3 is 2.57 bits per heavy atom. The van der Waals surface area contributed by atoms with E-state index in [2.05, 4.69) is 12.1 Å². The molecular weight excluding hydrogens is 378 g/mol. The van der Waals surface area contributed by atoms with Crippen molar-refractivity contribution in [2.24, 2.45) is 0 Å². The lowest BCUT2D eigenvalue weighted by Gasteiger charge is -2.17. The standard InChI is InChI=1S/C20H29N3O4S/c1-14-19(15(2)23(21-14)17-8-9-28(24,25)13-17)12-22(3)11-16-10-18(26-4)6-7-20(16)27-5/h6-7,10,17H,8-9,11-13H2,1-5H3/p+1/t17-/m0/s1. The smallest absolute Gasteiger partial charge is 0.152 e. The quantitative estimate of drug-likeness (QED) is 0.742. The summed E-state index contributed by atoms with van der Waals surface area (Å²) in [6.07, 6.45) is 0.646. The van der Waals surface area contributed by atoms with Gasteiger partial charge in [-0.1, -0.05) is 0 Å². The minimum atomic E-state index is -2.93. The predicted octanol–water partition coefficient (Wildman–Crippen LogP) is 1.09. The molecule has 1 aromatic carbocycles. The zero-order valence-corrected chi connectivity index (χ0v) is 18.1. The zero-order valence-electron chi connectivity index (χ0n) is 17.3. The molecule has 0 amide bonds. The highest BCUT2D eigenvalue weighted by Crippen LogP contribution is 2.27. The molecule has 8 heteroatoms. The topological polar surface area (TPSA) is 74.9 Å². The van der Waals surface area contributed by atoms with Crippen molar-refractivity contribution in [2.75, 3.05) is 32.8 Å². The summed E-state index contributed by atoms with van der Waals surface area (Å²) in [5.41, 5.74) is 4.31. The van der Waals surface area contributed by atoms with Crippen LogP contribution in [0.4, 0.5) is 0 Å². The number of ether oxygens (including phenoxy) is 2. The molecule has 1 unspecified atom stereocenters. The fraction of sp³-hybridized carbons (Fsp3) is 0.550. The van der Waals surface area contributed by atoms with Crippen LogP contribution < -0.4 is 14.4 Å². The summed E-state index contributed by atoms with van der Waals surface area (Å²) in [6, 6.07) is 5.79. The monoisotopic (exact) mass is 408 g/mol. The lowest BCUT2D eigenvalue weighted by atomic mass is 10.1. The molecule has 0 bridgehead atoms. The Bertz CT molecular complexity index is 953. The first-order valence-corrected chi connectivity index (χ1v) is 11.3. The molecule has 0 saturated carbocycles. The van der Waals surface area contributed by atoms with E-state index >= 15 is 0 Å². The van der Waals surface area contributed by atoms with Crippen molar-refractivity contribution < 1.29 is 22.8 Å². The fourth-order valence-corrected chi connectivity index (χ4v) is 5.68. The van der Waals surface area contributed by atoms with Crippen LogP contribution in [0.15, 0.2) is 18.2 Å². The number of nitrogens with zero attached hydrogens (tertiary/aromatic N) is 2. The summed E-state index contributed by atoms with van der Waals surface area (Å²) in [7, 11) is 2.53. The van der Waals surface area contributed by atoms with Crippen LogP contribution in [0.3, 0.4) is 0 Å². The van der Waals surface area contributed by atoms with Crippen LogP contribution in [0.1, 0.15) is 35.0 Å².